The molecule has 0 saturated heterocycles. The van der Waals surface area contributed by atoms with Gasteiger partial charge in [-0.2, -0.15) is 0 Å². The summed E-state index contributed by atoms with van der Waals surface area (Å²) in [6.07, 6.45) is 4.74. The van der Waals surface area contributed by atoms with Crippen LogP contribution in [0.25, 0.3) is 0 Å². The second-order valence-electron chi connectivity index (χ2n) is 5.46. The summed E-state index contributed by atoms with van der Waals surface area (Å²) < 4.78 is 0.647. The van der Waals surface area contributed by atoms with Crippen molar-refractivity contribution in [1.29, 1.82) is 0 Å². The standard InChI is InChI=1S/C15H20BrNO2/c1-10-6-8-11(9-7-10)17(2)13-5-3-4-12(16)14(13)15(18)19/h3-5,10-11H,6-9H2,1-2H3,(H,18,19). The number of anilines is 1. The molecule has 1 aromatic carbocycles. The van der Waals surface area contributed by atoms with Gasteiger partial charge in [-0.25, -0.2) is 4.79 Å². The van der Waals surface area contributed by atoms with Gasteiger partial charge in [-0.3, -0.25) is 0 Å². The normalized spacial score (nSPS) is 23.1. The van der Waals surface area contributed by atoms with Gasteiger partial charge in [0, 0.05) is 17.6 Å². The van der Waals surface area contributed by atoms with Gasteiger partial charge in [0.1, 0.15) is 0 Å². The van der Waals surface area contributed by atoms with Gasteiger partial charge < -0.3 is 10.0 Å². The molecule has 0 unspecified atom stereocenters. The van der Waals surface area contributed by atoms with E-state index in [1.807, 2.05) is 19.2 Å². The van der Waals surface area contributed by atoms with E-state index in [2.05, 4.69) is 27.8 Å². The molecule has 1 saturated carbocycles. The van der Waals surface area contributed by atoms with E-state index in [4.69, 9.17) is 0 Å². The predicted octanol–water partition coefficient (Wildman–Crippen LogP) is 4.16. The highest BCUT2D eigenvalue weighted by molar-refractivity contribution is 9.10. The van der Waals surface area contributed by atoms with Gasteiger partial charge in [0.05, 0.1) is 11.3 Å². The van der Waals surface area contributed by atoms with Crippen LogP contribution in [0.2, 0.25) is 0 Å². The minimum atomic E-state index is -0.876. The minimum absolute atomic E-state index is 0.364. The Kier molecular flexibility index (Phi) is 4.50. The largest absolute Gasteiger partial charge is 0.478 e. The Morgan fingerprint density at radius 3 is 2.53 bits per heavy atom. The van der Waals surface area contributed by atoms with Crippen molar-refractivity contribution in [3.63, 3.8) is 0 Å². The summed E-state index contributed by atoms with van der Waals surface area (Å²) in [4.78, 5) is 13.6. The van der Waals surface area contributed by atoms with E-state index in [-0.39, 0.29) is 0 Å². The van der Waals surface area contributed by atoms with Crippen molar-refractivity contribution >= 4 is 27.6 Å². The lowest BCUT2D eigenvalue weighted by atomic mass is 9.86. The van der Waals surface area contributed by atoms with Crippen LogP contribution in [-0.4, -0.2) is 24.2 Å². The van der Waals surface area contributed by atoms with Crippen LogP contribution < -0.4 is 4.90 Å². The maximum absolute atomic E-state index is 11.4. The maximum Gasteiger partial charge on any atom is 0.338 e. The molecule has 104 valence electrons. The molecule has 0 radical (unpaired) electrons. The van der Waals surface area contributed by atoms with E-state index < -0.39 is 5.97 Å². The van der Waals surface area contributed by atoms with Gasteiger partial charge in [0.2, 0.25) is 0 Å². The van der Waals surface area contributed by atoms with Gasteiger partial charge in [-0.1, -0.05) is 13.0 Å². The lowest BCUT2D eigenvalue weighted by Crippen LogP contribution is -2.35. The zero-order valence-corrected chi connectivity index (χ0v) is 13.0. The van der Waals surface area contributed by atoms with Gasteiger partial charge in [0.15, 0.2) is 0 Å². The number of aromatic carboxylic acids is 1. The summed E-state index contributed by atoms with van der Waals surface area (Å²) in [5.74, 6) is -0.0791. The quantitative estimate of drug-likeness (QED) is 0.907. The summed E-state index contributed by atoms with van der Waals surface area (Å²) in [6.45, 7) is 2.29. The fourth-order valence-electron chi connectivity index (χ4n) is 2.84. The molecule has 0 aromatic heterocycles. The van der Waals surface area contributed by atoms with E-state index in [1.54, 1.807) is 6.07 Å². The smallest absolute Gasteiger partial charge is 0.338 e. The van der Waals surface area contributed by atoms with Crippen molar-refractivity contribution < 1.29 is 9.90 Å². The molecule has 0 heterocycles. The molecule has 1 N–H and O–H groups in total. The first-order valence-electron chi connectivity index (χ1n) is 6.75. The highest BCUT2D eigenvalue weighted by atomic mass is 79.9. The van der Waals surface area contributed by atoms with Crippen LogP contribution in [0.3, 0.4) is 0 Å². The summed E-state index contributed by atoms with van der Waals surface area (Å²) in [5, 5.41) is 9.38. The molecule has 0 amide bonds. The predicted molar refractivity (Wildman–Crippen MR) is 80.9 cm³/mol. The maximum atomic E-state index is 11.4. The number of hydrogen-bond acceptors (Lipinski definition) is 2. The van der Waals surface area contributed by atoms with Crippen LogP contribution in [0.4, 0.5) is 5.69 Å². The van der Waals surface area contributed by atoms with E-state index in [0.29, 0.717) is 16.1 Å². The molecule has 0 aliphatic heterocycles. The van der Waals surface area contributed by atoms with Crippen molar-refractivity contribution in [2.75, 3.05) is 11.9 Å². The van der Waals surface area contributed by atoms with Gasteiger partial charge >= 0.3 is 5.97 Å². The third-order valence-corrected chi connectivity index (χ3v) is 4.78. The van der Waals surface area contributed by atoms with Gasteiger partial charge in [-0.05, 0) is 59.7 Å². The summed E-state index contributed by atoms with van der Waals surface area (Å²) in [7, 11) is 2.01. The second-order valence-corrected chi connectivity index (χ2v) is 6.32. The average molecular weight is 326 g/mol. The fourth-order valence-corrected chi connectivity index (χ4v) is 3.37. The first-order chi connectivity index (χ1) is 9.00. The first kappa shape index (κ1) is 14.4. The number of carboxylic acids is 1. The van der Waals surface area contributed by atoms with Crippen molar-refractivity contribution in [2.24, 2.45) is 5.92 Å². The highest BCUT2D eigenvalue weighted by Gasteiger charge is 2.25. The fraction of sp³-hybridized carbons (Fsp3) is 0.533. The zero-order chi connectivity index (χ0) is 14.0. The van der Waals surface area contributed by atoms with Crippen molar-refractivity contribution in [3.05, 3.63) is 28.2 Å². The topological polar surface area (TPSA) is 40.5 Å². The molecule has 1 fully saturated rings. The zero-order valence-electron chi connectivity index (χ0n) is 11.4. The number of carbonyl (C=O) groups is 1. The van der Waals surface area contributed by atoms with Crippen LogP contribution >= 0.6 is 15.9 Å². The van der Waals surface area contributed by atoms with Gasteiger partial charge in [-0.15, -0.1) is 0 Å². The summed E-state index contributed by atoms with van der Waals surface area (Å²) in [6, 6.07) is 6.02. The molecule has 0 bridgehead atoms. The van der Waals surface area contributed by atoms with E-state index in [1.165, 1.54) is 12.8 Å². The molecule has 4 heteroatoms. The number of halogens is 1. The number of hydrogen-bond donors (Lipinski definition) is 1. The number of rotatable bonds is 3. The number of carboxylic acid groups (broad SMARTS) is 1. The van der Waals surface area contributed by atoms with Crippen LogP contribution in [0.1, 0.15) is 43.0 Å². The third-order valence-electron chi connectivity index (χ3n) is 4.12. The van der Waals surface area contributed by atoms with E-state index >= 15 is 0 Å². The van der Waals surface area contributed by atoms with Crippen LogP contribution in [-0.2, 0) is 0 Å². The Labute approximate surface area is 122 Å². The molecule has 3 nitrogen and oxygen atoms in total. The Morgan fingerprint density at radius 2 is 1.95 bits per heavy atom. The molecule has 0 spiro atoms. The Hall–Kier alpha value is -1.03. The first-order valence-corrected chi connectivity index (χ1v) is 7.54. The molecule has 0 atom stereocenters. The molecule has 1 aromatic rings. The van der Waals surface area contributed by atoms with Crippen molar-refractivity contribution in [3.8, 4) is 0 Å². The Balaban J connectivity index is 2.26. The highest BCUT2D eigenvalue weighted by Crippen LogP contribution is 2.33. The molecule has 19 heavy (non-hydrogen) atoms. The second kappa shape index (κ2) is 5.95. The summed E-state index contributed by atoms with van der Waals surface area (Å²) >= 11 is 3.34. The SMILES string of the molecule is CC1CCC(N(C)c2cccc(Br)c2C(=O)O)CC1. The minimum Gasteiger partial charge on any atom is -0.478 e. The van der Waals surface area contributed by atoms with Crippen molar-refractivity contribution in [1.82, 2.24) is 0 Å². The molecular formula is C15H20BrNO2. The van der Waals surface area contributed by atoms with Crippen LogP contribution in [0, 0.1) is 5.92 Å². The average Bonchev–Trinajstić information content (AvgIpc) is 2.38. The van der Waals surface area contributed by atoms with Gasteiger partial charge in [0.25, 0.3) is 0 Å². The Bertz CT molecular complexity index is 467. The number of nitrogens with zero attached hydrogens (tertiary/aromatic N) is 1. The summed E-state index contributed by atoms with van der Waals surface area (Å²) in [5.41, 5.74) is 1.17. The van der Waals surface area contributed by atoms with Crippen molar-refractivity contribution in [2.45, 2.75) is 38.6 Å². The van der Waals surface area contributed by atoms with Crippen LogP contribution in [0.15, 0.2) is 22.7 Å². The van der Waals surface area contributed by atoms with E-state index in [0.717, 1.165) is 24.4 Å². The monoisotopic (exact) mass is 325 g/mol. The van der Waals surface area contributed by atoms with Crippen LogP contribution in [0.5, 0.6) is 0 Å². The Morgan fingerprint density at radius 1 is 1.32 bits per heavy atom. The molecule has 1 aliphatic carbocycles. The molecule has 1 aliphatic rings. The van der Waals surface area contributed by atoms with E-state index in [9.17, 15) is 9.90 Å². The lowest BCUT2D eigenvalue weighted by molar-refractivity contribution is 0.0696. The molecule has 2 rings (SSSR count). The third kappa shape index (κ3) is 3.11. The number of benzene rings is 1. The lowest BCUT2D eigenvalue weighted by Gasteiger charge is -2.35. The molecular weight excluding hydrogens is 306 g/mol.